The quantitative estimate of drug-likeness (QED) is 0.303. The first-order valence-corrected chi connectivity index (χ1v) is 5.35. The van der Waals surface area contributed by atoms with Crippen LogP contribution in [0.15, 0.2) is 0 Å². The molecule has 0 aromatic carbocycles. The zero-order chi connectivity index (χ0) is 6.50. The molecule has 0 heterocycles. The Hall–Kier alpha value is 1.11. The topological polar surface area (TPSA) is 77.8 Å². The van der Waals surface area contributed by atoms with E-state index in [0.29, 0.717) is 0 Å². The Morgan fingerprint density at radius 2 is 1.29 bits per heavy atom. The van der Waals surface area contributed by atoms with E-state index in [1.165, 1.54) is 27.9 Å². The van der Waals surface area contributed by atoms with Crippen LogP contribution in [-0.4, -0.2) is 42.6 Å². The summed E-state index contributed by atoms with van der Waals surface area (Å²) in [5.41, 5.74) is 0. The summed E-state index contributed by atoms with van der Waals surface area (Å²) in [4.78, 5) is 21.6. The fourth-order valence-corrected chi connectivity index (χ4v) is 0. The molecular weight excluding hydrogens is 130 g/mol. The van der Waals surface area contributed by atoms with Crippen molar-refractivity contribution in [3.05, 3.63) is 0 Å². The molecule has 0 aliphatic heterocycles. The van der Waals surface area contributed by atoms with Crippen molar-refractivity contribution in [2.24, 2.45) is 0 Å². The fourth-order valence-electron chi connectivity index (χ4n) is 0. The van der Waals surface area contributed by atoms with E-state index in [1.54, 1.807) is 0 Å². The van der Waals surface area contributed by atoms with E-state index in [4.69, 9.17) is 19.2 Å². The van der Waals surface area contributed by atoms with E-state index in [-0.39, 0.29) is 0 Å². The molecule has 0 bridgehead atoms. The van der Waals surface area contributed by atoms with Gasteiger partial charge in [0.15, 0.2) is 0 Å². The predicted molar refractivity (Wildman–Crippen MR) is 25.9 cm³/mol. The molecule has 0 amide bonds. The Morgan fingerprint density at radius 1 is 1.29 bits per heavy atom. The average Bonchev–Trinajstić information content (AvgIpc) is 1.36. The van der Waals surface area contributed by atoms with Crippen LogP contribution in [0.25, 0.3) is 0 Å². The molecule has 0 rings (SSSR count). The summed E-state index contributed by atoms with van der Waals surface area (Å²) in [5.74, 6) is 0. The van der Waals surface area contributed by atoms with Gasteiger partial charge in [-0.25, -0.2) is 4.57 Å². The molecule has 7 heavy (non-hydrogen) atoms. The van der Waals surface area contributed by atoms with E-state index in [9.17, 15) is 0 Å². The van der Waals surface area contributed by atoms with Crippen LogP contribution in [0.2, 0.25) is 4.17 Å². The van der Waals surface area contributed by atoms with Crippen molar-refractivity contribution >= 4 is 35.8 Å². The van der Waals surface area contributed by atoms with Gasteiger partial charge in [0.25, 0.3) is 0 Å². The molecule has 0 aromatic rings. The number of rotatable bonds is 0. The summed E-state index contributed by atoms with van der Waals surface area (Å²) in [6.45, 7) is 0. The first-order chi connectivity index (χ1) is 3.00. The maximum absolute atomic E-state index is 8.88. The summed E-state index contributed by atoms with van der Waals surface area (Å²) >= 11 is 1.31. The number of hydrogen-bond acceptors (Lipinski definition) is 1. The molecule has 0 aromatic heterocycles. The van der Waals surface area contributed by atoms with Crippen LogP contribution in [0.5, 0.6) is 0 Å². The minimum absolute atomic E-state index is 1.31. The third kappa shape index (κ3) is 151. The van der Waals surface area contributed by atoms with E-state index >= 15 is 0 Å². The SMILES string of the molecule is O=P(O)(O)O.[CH3][Na]. The van der Waals surface area contributed by atoms with Gasteiger partial charge >= 0.3 is 39.9 Å². The third-order valence-corrected chi connectivity index (χ3v) is 0. The minimum atomic E-state index is -4.64. The molecule has 0 fully saturated rings. The number of hydrogen-bond donors (Lipinski definition) is 3. The summed E-state index contributed by atoms with van der Waals surface area (Å²) in [6, 6.07) is 0. The molecular formula is CH6NaO4P. The van der Waals surface area contributed by atoms with Gasteiger partial charge in [-0.3, -0.25) is 0 Å². The molecule has 0 spiro atoms. The Morgan fingerprint density at radius 3 is 1.29 bits per heavy atom. The Kier molecular flexibility index (Phi) is 8.24. The molecule has 0 aliphatic carbocycles. The molecule has 4 nitrogen and oxygen atoms in total. The van der Waals surface area contributed by atoms with Crippen molar-refractivity contribution < 1.29 is 19.2 Å². The monoisotopic (exact) mass is 136 g/mol. The molecule has 0 radical (unpaired) electrons. The Bertz CT molecular complexity index is 57.8. The zero-order valence-corrected chi connectivity index (χ0v) is 7.09. The third-order valence-electron chi connectivity index (χ3n) is 0. The molecule has 0 atom stereocenters. The summed E-state index contributed by atoms with van der Waals surface area (Å²) in [7, 11) is -4.64. The van der Waals surface area contributed by atoms with Crippen LogP contribution in [0.3, 0.4) is 0 Å². The van der Waals surface area contributed by atoms with Crippen molar-refractivity contribution in [1.29, 1.82) is 0 Å². The van der Waals surface area contributed by atoms with E-state index in [0.717, 1.165) is 0 Å². The van der Waals surface area contributed by atoms with E-state index in [2.05, 4.69) is 4.17 Å². The molecule has 3 N–H and O–H groups in total. The van der Waals surface area contributed by atoms with Gasteiger partial charge in [-0.1, -0.05) is 0 Å². The second kappa shape index (κ2) is 5.25. The standard InChI is InChI=1S/CH3.Na.H3O4P/c;;1-5(2,3)4/h1H3;;(H3,1,2,3,4). The fraction of sp³-hybridized carbons (Fsp3) is 1.00. The van der Waals surface area contributed by atoms with Gasteiger partial charge in [0.2, 0.25) is 0 Å². The molecule has 0 unspecified atom stereocenters. The van der Waals surface area contributed by atoms with Crippen LogP contribution in [0, 0.1) is 0 Å². The molecule has 0 saturated heterocycles. The van der Waals surface area contributed by atoms with Gasteiger partial charge in [-0.15, -0.1) is 0 Å². The Labute approximate surface area is 59.2 Å². The van der Waals surface area contributed by atoms with Gasteiger partial charge in [0.1, 0.15) is 0 Å². The summed E-state index contributed by atoms with van der Waals surface area (Å²) in [6.07, 6.45) is 0. The number of phosphoric acid groups is 1. The van der Waals surface area contributed by atoms with Crippen LogP contribution >= 0.6 is 7.82 Å². The van der Waals surface area contributed by atoms with Gasteiger partial charge < -0.3 is 14.7 Å². The van der Waals surface area contributed by atoms with Crippen LogP contribution < -0.4 is 0 Å². The zero-order valence-electron chi connectivity index (χ0n) is 4.20. The molecule has 0 aliphatic rings. The second-order valence-electron chi connectivity index (χ2n) is 0.513. The summed E-state index contributed by atoms with van der Waals surface area (Å²) < 4.78 is 11.0. The summed E-state index contributed by atoms with van der Waals surface area (Å²) in [5, 5.41) is 0. The van der Waals surface area contributed by atoms with Crippen molar-refractivity contribution in [1.82, 2.24) is 0 Å². The average molecular weight is 136 g/mol. The maximum atomic E-state index is 8.88. The normalized spacial score (nSPS) is 9.43. The van der Waals surface area contributed by atoms with Gasteiger partial charge in [-0.05, 0) is 0 Å². The first kappa shape index (κ1) is 11.0. The van der Waals surface area contributed by atoms with Crippen LogP contribution in [0.1, 0.15) is 0 Å². The van der Waals surface area contributed by atoms with Crippen molar-refractivity contribution in [3.63, 3.8) is 0 Å². The van der Waals surface area contributed by atoms with Gasteiger partial charge in [0, 0.05) is 0 Å². The van der Waals surface area contributed by atoms with Gasteiger partial charge in [-0.2, -0.15) is 0 Å². The molecule has 40 valence electrons. The van der Waals surface area contributed by atoms with Crippen LogP contribution in [0.4, 0.5) is 0 Å². The Balaban J connectivity index is 0. The van der Waals surface area contributed by atoms with Crippen molar-refractivity contribution in [2.45, 2.75) is 4.17 Å². The predicted octanol–water partition coefficient (Wildman–Crippen LogP) is -0.726. The van der Waals surface area contributed by atoms with Crippen molar-refractivity contribution in [2.75, 3.05) is 0 Å². The van der Waals surface area contributed by atoms with Crippen LogP contribution in [-0.2, 0) is 4.57 Å². The van der Waals surface area contributed by atoms with Crippen molar-refractivity contribution in [3.8, 4) is 0 Å². The van der Waals surface area contributed by atoms with Gasteiger partial charge in [0.05, 0.1) is 0 Å². The van der Waals surface area contributed by atoms with E-state index < -0.39 is 7.82 Å². The first-order valence-electron chi connectivity index (χ1n) is 1.78. The second-order valence-corrected chi connectivity index (χ2v) is 1.54. The van der Waals surface area contributed by atoms with E-state index in [1.807, 2.05) is 0 Å². The molecule has 0 saturated carbocycles. The molecule has 6 heteroatoms.